The number of halogens is 1. The van der Waals surface area contributed by atoms with E-state index < -0.39 is 0 Å². The van der Waals surface area contributed by atoms with E-state index in [2.05, 4.69) is 15.1 Å². The van der Waals surface area contributed by atoms with Gasteiger partial charge in [0.1, 0.15) is 5.82 Å². The van der Waals surface area contributed by atoms with Crippen LogP contribution in [0.4, 0.5) is 4.39 Å². The van der Waals surface area contributed by atoms with Crippen molar-refractivity contribution in [2.75, 3.05) is 0 Å². The summed E-state index contributed by atoms with van der Waals surface area (Å²) in [5.74, 6) is -0.366. The van der Waals surface area contributed by atoms with Crippen molar-refractivity contribution >= 4 is 22.1 Å². The van der Waals surface area contributed by atoms with Gasteiger partial charge >= 0.3 is 0 Å². The van der Waals surface area contributed by atoms with Crippen molar-refractivity contribution in [3.05, 3.63) is 88.9 Å². The highest BCUT2D eigenvalue weighted by atomic mass is 19.1. The standard InChI is InChI=1S/C22H16FN5O/c1-27-12-17-9-14(6-7-19(17)26-27)15-4-5-16(18(23)10-15)13-28-20-3-2-8-24-22(20)25-11-21(28)29/h2-12H,13H2,1H3. The Morgan fingerprint density at radius 2 is 1.86 bits per heavy atom. The second-order valence-corrected chi connectivity index (χ2v) is 6.91. The van der Waals surface area contributed by atoms with E-state index in [1.165, 1.54) is 16.8 Å². The van der Waals surface area contributed by atoms with Crippen molar-refractivity contribution in [3.8, 4) is 11.1 Å². The zero-order valence-electron chi connectivity index (χ0n) is 15.6. The molecule has 0 aliphatic carbocycles. The van der Waals surface area contributed by atoms with Gasteiger partial charge in [-0.2, -0.15) is 5.10 Å². The Kier molecular flexibility index (Phi) is 3.94. The van der Waals surface area contributed by atoms with Crippen molar-refractivity contribution in [3.63, 3.8) is 0 Å². The summed E-state index contributed by atoms with van der Waals surface area (Å²) in [4.78, 5) is 20.5. The Morgan fingerprint density at radius 1 is 1.03 bits per heavy atom. The van der Waals surface area contributed by atoms with Crippen LogP contribution in [0.1, 0.15) is 5.56 Å². The SMILES string of the molecule is Cn1cc2cc(-c3ccc(Cn4c(=O)cnc5ncccc54)c(F)c3)ccc2n1. The molecule has 29 heavy (non-hydrogen) atoms. The summed E-state index contributed by atoms with van der Waals surface area (Å²) in [7, 11) is 1.87. The van der Waals surface area contributed by atoms with Gasteiger partial charge in [0.25, 0.3) is 5.56 Å². The molecule has 142 valence electrons. The molecule has 0 saturated heterocycles. The molecule has 0 aliphatic rings. The first kappa shape index (κ1) is 17.2. The molecule has 2 aromatic carbocycles. The molecule has 3 heterocycles. The van der Waals surface area contributed by atoms with Gasteiger partial charge in [-0.3, -0.25) is 14.0 Å². The lowest BCUT2D eigenvalue weighted by atomic mass is 10.0. The van der Waals surface area contributed by atoms with E-state index in [1.54, 1.807) is 29.1 Å². The lowest BCUT2D eigenvalue weighted by Crippen LogP contribution is -2.21. The molecule has 0 aliphatic heterocycles. The third-order valence-electron chi connectivity index (χ3n) is 4.95. The molecule has 0 spiro atoms. The number of benzene rings is 2. The number of rotatable bonds is 3. The second kappa shape index (κ2) is 6.63. The third kappa shape index (κ3) is 3.06. The smallest absolute Gasteiger partial charge is 0.269 e. The van der Waals surface area contributed by atoms with E-state index in [-0.39, 0.29) is 17.9 Å². The summed E-state index contributed by atoms with van der Waals surface area (Å²) >= 11 is 0. The van der Waals surface area contributed by atoms with Gasteiger partial charge in [0.2, 0.25) is 0 Å². The average molecular weight is 385 g/mol. The molecule has 6 nitrogen and oxygen atoms in total. The average Bonchev–Trinajstić information content (AvgIpc) is 3.10. The summed E-state index contributed by atoms with van der Waals surface area (Å²) in [6.07, 6.45) is 4.75. The molecular formula is C22H16FN5O. The first-order chi connectivity index (χ1) is 14.1. The van der Waals surface area contributed by atoms with Gasteiger partial charge in [0.05, 0.1) is 23.8 Å². The number of aromatic nitrogens is 5. The number of pyridine rings is 1. The van der Waals surface area contributed by atoms with Crippen molar-refractivity contribution in [1.82, 2.24) is 24.3 Å². The Morgan fingerprint density at radius 3 is 2.72 bits per heavy atom. The maximum absolute atomic E-state index is 14.9. The maximum atomic E-state index is 14.9. The van der Waals surface area contributed by atoms with Gasteiger partial charge in [-0.1, -0.05) is 18.2 Å². The van der Waals surface area contributed by atoms with Crippen LogP contribution < -0.4 is 5.56 Å². The molecule has 0 bridgehead atoms. The molecule has 0 fully saturated rings. The van der Waals surface area contributed by atoms with Crippen LogP contribution in [0.3, 0.4) is 0 Å². The number of hydrogen-bond donors (Lipinski definition) is 0. The number of nitrogens with zero attached hydrogens (tertiary/aromatic N) is 5. The van der Waals surface area contributed by atoms with Crippen LogP contribution in [-0.4, -0.2) is 24.3 Å². The van der Waals surface area contributed by atoms with Gasteiger partial charge in [-0.15, -0.1) is 0 Å². The van der Waals surface area contributed by atoms with Crippen molar-refractivity contribution < 1.29 is 4.39 Å². The normalized spacial score (nSPS) is 11.4. The topological polar surface area (TPSA) is 65.6 Å². The molecule has 0 atom stereocenters. The van der Waals surface area contributed by atoms with Crippen LogP contribution in [0, 0.1) is 5.82 Å². The molecule has 7 heteroatoms. The fourth-order valence-electron chi connectivity index (χ4n) is 3.52. The summed E-state index contributed by atoms with van der Waals surface area (Å²) in [6, 6.07) is 14.4. The number of hydrogen-bond acceptors (Lipinski definition) is 4. The molecule has 3 aromatic heterocycles. The number of aryl methyl sites for hydroxylation is 1. The van der Waals surface area contributed by atoms with Gasteiger partial charge in [0.15, 0.2) is 5.65 Å². The van der Waals surface area contributed by atoms with E-state index in [4.69, 9.17) is 0 Å². The molecule has 0 radical (unpaired) electrons. The number of fused-ring (bicyclic) bond motifs is 2. The molecule has 5 aromatic rings. The van der Waals surface area contributed by atoms with Crippen LogP contribution in [-0.2, 0) is 13.6 Å². The molecule has 0 amide bonds. The molecule has 0 saturated carbocycles. The zero-order valence-corrected chi connectivity index (χ0v) is 15.6. The summed E-state index contributed by atoms with van der Waals surface area (Å²) in [6.45, 7) is 0.108. The highest BCUT2D eigenvalue weighted by Crippen LogP contribution is 2.26. The quantitative estimate of drug-likeness (QED) is 0.477. The highest BCUT2D eigenvalue weighted by Gasteiger charge is 2.11. The van der Waals surface area contributed by atoms with Crippen LogP contribution in [0.2, 0.25) is 0 Å². The largest absolute Gasteiger partial charge is 0.299 e. The van der Waals surface area contributed by atoms with Crippen LogP contribution in [0.25, 0.3) is 33.2 Å². The fourth-order valence-corrected chi connectivity index (χ4v) is 3.52. The lowest BCUT2D eigenvalue weighted by Gasteiger charge is -2.11. The van der Waals surface area contributed by atoms with Crippen LogP contribution in [0.15, 0.2) is 71.9 Å². The molecule has 0 N–H and O–H groups in total. The Balaban J connectivity index is 1.53. The fraction of sp³-hybridized carbons (Fsp3) is 0.0909. The van der Waals surface area contributed by atoms with Gasteiger partial charge in [-0.05, 0) is 41.5 Å². The Hall–Kier alpha value is -3.87. The van der Waals surface area contributed by atoms with Gasteiger partial charge in [-0.25, -0.2) is 14.4 Å². The minimum absolute atomic E-state index is 0.108. The molecule has 5 rings (SSSR count). The van der Waals surface area contributed by atoms with Crippen molar-refractivity contribution in [2.45, 2.75) is 6.54 Å². The predicted octanol–water partition coefficient (Wildman–Crippen LogP) is 3.53. The lowest BCUT2D eigenvalue weighted by molar-refractivity contribution is 0.599. The van der Waals surface area contributed by atoms with E-state index in [0.717, 1.165) is 22.0 Å². The minimum atomic E-state index is -0.366. The van der Waals surface area contributed by atoms with Gasteiger partial charge in [0, 0.05) is 30.4 Å². The van der Waals surface area contributed by atoms with E-state index in [9.17, 15) is 9.18 Å². The first-order valence-electron chi connectivity index (χ1n) is 9.11. The predicted molar refractivity (Wildman–Crippen MR) is 109 cm³/mol. The highest BCUT2D eigenvalue weighted by molar-refractivity contribution is 5.84. The molecule has 0 unspecified atom stereocenters. The summed E-state index contributed by atoms with van der Waals surface area (Å²) < 4.78 is 18.1. The van der Waals surface area contributed by atoms with E-state index in [0.29, 0.717) is 16.7 Å². The van der Waals surface area contributed by atoms with E-state index in [1.807, 2.05) is 37.5 Å². The Labute approximate surface area is 164 Å². The zero-order chi connectivity index (χ0) is 20.0. The minimum Gasteiger partial charge on any atom is -0.299 e. The third-order valence-corrected chi connectivity index (χ3v) is 4.95. The molecular weight excluding hydrogens is 369 g/mol. The second-order valence-electron chi connectivity index (χ2n) is 6.91. The van der Waals surface area contributed by atoms with Crippen LogP contribution >= 0.6 is 0 Å². The first-order valence-corrected chi connectivity index (χ1v) is 9.11. The Bertz CT molecular complexity index is 1440. The summed E-state index contributed by atoms with van der Waals surface area (Å²) in [5, 5.41) is 5.36. The van der Waals surface area contributed by atoms with Crippen LogP contribution in [0.5, 0.6) is 0 Å². The van der Waals surface area contributed by atoms with Gasteiger partial charge < -0.3 is 0 Å². The van der Waals surface area contributed by atoms with Crippen molar-refractivity contribution in [1.29, 1.82) is 0 Å². The van der Waals surface area contributed by atoms with Crippen molar-refractivity contribution in [2.24, 2.45) is 7.05 Å². The summed E-state index contributed by atoms with van der Waals surface area (Å²) in [5.41, 5.74) is 3.73. The monoisotopic (exact) mass is 385 g/mol. The maximum Gasteiger partial charge on any atom is 0.269 e. The van der Waals surface area contributed by atoms with E-state index >= 15 is 0 Å².